The summed E-state index contributed by atoms with van der Waals surface area (Å²) in [4.78, 5) is 1.47. The van der Waals surface area contributed by atoms with Gasteiger partial charge in [-0.15, -0.1) is 68.0 Å². The van der Waals surface area contributed by atoms with Crippen LogP contribution in [0.25, 0.3) is 60.5 Å². The van der Waals surface area contributed by atoms with Crippen molar-refractivity contribution in [2.75, 3.05) is 0 Å². The van der Waals surface area contributed by atoms with E-state index in [0.717, 1.165) is 0 Å². The Kier molecular flexibility index (Phi) is 19.3. The molecule has 0 saturated heterocycles. The summed E-state index contributed by atoms with van der Waals surface area (Å²) in [5.41, 5.74) is 8.78. The van der Waals surface area contributed by atoms with E-state index in [9.17, 15) is 0 Å². The van der Waals surface area contributed by atoms with Crippen LogP contribution in [0.15, 0.2) is 179 Å². The molecule has 0 N–H and O–H groups in total. The van der Waals surface area contributed by atoms with Gasteiger partial charge in [-0.05, 0) is 186 Å². The van der Waals surface area contributed by atoms with Crippen molar-refractivity contribution in [1.29, 1.82) is 0 Å². The largest absolute Gasteiger partial charge is 0.144 e. The lowest BCUT2D eigenvalue weighted by molar-refractivity contribution is 0.591. The van der Waals surface area contributed by atoms with Gasteiger partial charge < -0.3 is 0 Å². The molecular weight excluding hydrogens is 1060 g/mol. The molecule has 0 saturated carbocycles. The van der Waals surface area contributed by atoms with Crippen LogP contribution in [0.3, 0.4) is 0 Å². The Morgan fingerprint density at radius 3 is 1.40 bits per heavy atom. The minimum absolute atomic E-state index is 0.251. The maximum absolute atomic E-state index is 2.31. The quantitative estimate of drug-likeness (QED) is 0.142. The Labute approximate surface area is 492 Å². The van der Waals surface area contributed by atoms with Crippen molar-refractivity contribution >= 4 is 129 Å². The van der Waals surface area contributed by atoms with E-state index in [0.29, 0.717) is 0 Å². The van der Waals surface area contributed by atoms with E-state index >= 15 is 0 Å². The van der Waals surface area contributed by atoms with Crippen LogP contribution < -0.4 is 0 Å². The zero-order valence-electron chi connectivity index (χ0n) is 49.8. The van der Waals surface area contributed by atoms with Crippen LogP contribution in [0.5, 0.6) is 0 Å². The minimum atomic E-state index is 0.251. The summed E-state index contributed by atoms with van der Waals surface area (Å²) >= 11 is 11.0. The molecule has 408 valence electrons. The summed E-state index contributed by atoms with van der Waals surface area (Å²) in [7, 11) is 0. The average Bonchev–Trinajstić information content (AvgIpc) is 4.23. The van der Waals surface area contributed by atoms with E-state index in [2.05, 4.69) is 303 Å². The van der Waals surface area contributed by atoms with Crippen LogP contribution in [0.1, 0.15) is 157 Å². The Morgan fingerprint density at radius 1 is 0.269 bits per heavy atom. The highest BCUT2D eigenvalue weighted by molar-refractivity contribution is 7.19. The minimum Gasteiger partial charge on any atom is -0.144 e. The zero-order chi connectivity index (χ0) is 56.8. The molecule has 12 aromatic rings. The van der Waals surface area contributed by atoms with E-state index in [1.54, 1.807) is 11.3 Å². The Bertz CT molecular complexity index is 3570. The van der Waals surface area contributed by atoms with Gasteiger partial charge in [0.2, 0.25) is 0 Å². The molecule has 0 atom stereocenters. The monoisotopic (exact) mass is 1140 g/mol. The summed E-state index contributed by atoms with van der Waals surface area (Å²) < 4.78 is 8.41. The average molecular weight is 1140 g/mol. The van der Waals surface area contributed by atoms with Crippen molar-refractivity contribution in [2.45, 2.75) is 157 Å². The number of rotatable bonds is 0. The van der Waals surface area contributed by atoms with Crippen molar-refractivity contribution in [3.63, 3.8) is 0 Å². The summed E-state index contributed by atoms with van der Waals surface area (Å²) in [5.74, 6) is 0. The first kappa shape index (κ1) is 60.7. The molecule has 0 amide bonds. The van der Waals surface area contributed by atoms with Gasteiger partial charge >= 0.3 is 0 Å². The van der Waals surface area contributed by atoms with E-state index in [4.69, 9.17) is 0 Å². The van der Waals surface area contributed by atoms with Crippen LogP contribution in [-0.4, -0.2) is 0 Å². The fourth-order valence-electron chi connectivity index (χ4n) is 9.00. The van der Waals surface area contributed by atoms with Crippen molar-refractivity contribution in [1.82, 2.24) is 0 Å². The number of hydrogen-bond acceptors (Lipinski definition) is 6. The third kappa shape index (κ3) is 15.9. The van der Waals surface area contributed by atoms with E-state index in [1.165, 1.54) is 93.2 Å². The summed E-state index contributed by atoms with van der Waals surface area (Å²) in [5, 5.41) is 19.2. The first-order valence-corrected chi connectivity index (χ1v) is 32.5. The molecule has 6 aromatic carbocycles. The smallest absolute Gasteiger partial charge is 0.0380 e. The molecule has 6 aromatic heterocycles. The first-order chi connectivity index (χ1) is 36.5. The van der Waals surface area contributed by atoms with Gasteiger partial charge in [-0.3, -0.25) is 0 Å². The maximum atomic E-state index is 2.31. The van der Waals surface area contributed by atoms with Crippen LogP contribution in [0, 0.1) is 0 Å². The molecule has 0 nitrogen and oxygen atoms in total. The van der Waals surface area contributed by atoms with Gasteiger partial charge in [-0.1, -0.05) is 210 Å². The SMILES string of the molecule is CC(C)(C)c1cc2ccccc2s1.CC(C)(C)c1ccc2ccsc2c1.CC(C)(C)c1ccc2sccc2c1.CC(C)(C)c1cccc2ccsc12.CC(C)(C)c1cccc2sccc12.CC(C)(C)c1csc2ccccc12. The molecule has 12 rings (SSSR count). The second-order valence-electron chi connectivity index (χ2n) is 26.4. The number of fused-ring (bicyclic) bond motifs is 6. The normalized spacial score (nSPS) is 12.2. The Morgan fingerprint density at radius 2 is 0.744 bits per heavy atom. The van der Waals surface area contributed by atoms with E-state index in [1.807, 2.05) is 56.7 Å². The van der Waals surface area contributed by atoms with Gasteiger partial charge in [-0.25, -0.2) is 0 Å². The molecule has 0 spiro atoms. The lowest BCUT2D eigenvalue weighted by Gasteiger charge is -2.19. The number of thiophene rings is 6. The van der Waals surface area contributed by atoms with Gasteiger partial charge in [0, 0.05) is 33.1 Å². The van der Waals surface area contributed by atoms with Crippen LogP contribution in [0.4, 0.5) is 0 Å². The Hall–Kier alpha value is -4.92. The van der Waals surface area contributed by atoms with Crippen molar-refractivity contribution < 1.29 is 0 Å². The van der Waals surface area contributed by atoms with E-state index in [-0.39, 0.29) is 32.5 Å². The van der Waals surface area contributed by atoms with Crippen molar-refractivity contribution in [2.24, 2.45) is 0 Å². The van der Waals surface area contributed by atoms with Crippen molar-refractivity contribution in [3.05, 3.63) is 211 Å². The Balaban J connectivity index is 0.000000136. The third-order valence-electron chi connectivity index (χ3n) is 13.7. The van der Waals surface area contributed by atoms with Gasteiger partial charge in [0.25, 0.3) is 0 Å². The van der Waals surface area contributed by atoms with Gasteiger partial charge in [-0.2, -0.15) is 0 Å². The molecule has 6 heteroatoms. The van der Waals surface area contributed by atoms with Crippen molar-refractivity contribution in [3.8, 4) is 0 Å². The van der Waals surface area contributed by atoms with E-state index < -0.39 is 0 Å². The fourth-order valence-corrected chi connectivity index (χ4v) is 14.8. The summed E-state index contributed by atoms with van der Waals surface area (Å²) in [6.07, 6.45) is 0. The third-order valence-corrected chi connectivity index (χ3v) is 19.8. The molecule has 0 unspecified atom stereocenters. The van der Waals surface area contributed by atoms with Gasteiger partial charge in [0.1, 0.15) is 0 Å². The van der Waals surface area contributed by atoms with Gasteiger partial charge in [0.15, 0.2) is 0 Å². The molecule has 6 heterocycles. The lowest BCUT2D eigenvalue weighted by Crippen LogP contribution is -2.10. The molecule has 0 fully saturated rings. The topological polar surface area (TPSA) is 0 Å². The second kappa shape index (κ2) is 24.8. The molecular formula is C72H84S6. The van der Waals surface area contributed by atoms with Crippen LogP contribution in [0.2, 0.25) is 0 Å². The highest BCUT2D eigenvalue weighted by atomic mass is 32.1. The highest BCUT2D eigenvalue weighted by Gasteiger charge is 2.20. The summed E-state index contributed by atoms with van der Waals surface area (Å²) in [6, 6.07) is 54.9. The standard InChI is InChI=1S/6C12H14S/c1-12(2,3)10-4-5-11-9(8-10)6-7-13-11;1-12(2,3)10-5-4-9-6-7-13-11(9)8-10;1-12(2,3)10-5-4-6-11-9(10)7-8-13-11;1-12(2,3)10-6-4-5-9-7-8-13-11(9)10;1-12(2,3)10-8-13-11-7-5-4-6-9(10)11;1-12(2,3)11-8-9-6-4-5-7-10(9)13-11/h6*4-8H,1-3H3. The maximum Gasteiger partial charge on any atom is 0.0380 e. The predicted octanol–water partition coefficient (Wildman–Crippen LogP) is 25.2. The predicted molar refractivity (Wildman–Crippen MR) is 363 cm³/mol. The molecule has 0 radical (unpaired) electrons. The first-order valence-electron chi connectivity index (χ1n) is 27.3. The molecule has 78 heavy (non-hydrogen) atoms. The number of benzene rings is 6. The van der Waals surface area contributed by atoms with Gasteiger partial charge in [0.05, 0.1) is 0 Å². The molecule has 0 aliphatic rings. The number of hydrogen-bond donors (Lipinski definition) is 0. The van der Waals surface area contributed by atoms with Crippen LogP contribution in [-0.2, 0) is 32.5 Å². The zero-order valence-corrected chi connectivity index (χ0v) is 54.7. The molecule has 0 aliphatic carbocycles. The molecule has 0 aliphatic heterocycles. The lowest BCUT2D eigenvalue weighted by atomic mass is 9.85. The van der Waals surface area contributed by atoms with Crippen LogP contribution >= 0.6 is 68.0 Å². The second-order valence-corrected chi connectivity index (χ2v) is 32.2. The summed E-state index contributed by atoms with van der Waals surface area (Å²) in [6.45, 7) is 40.7. The molecule has 0 bridgehead atoms. The fraction of sp³-hybridized carbons (Fsp3) is 0.333. The highest BCUT2D eigenvalue weighted by Crippen LogP contribution is 2.37.